The maximum atomic E-state index is 12.4. The molecule has 0 unspecified atom stereocenters. The molecule has 6 heteroatoms. The first-order valence-corrected chi connectivity index (χ1v) is 7.31. The Bertz CT molecular complexity index is 720. The van der Waals surface area contributed by atoms with Crippen LogP contribution in [0.5, 0.6) is 0 Å². The number of halogens is 2. The second-order valence-electron chi connectivity index (χ2n) is 4.09. The van der Waals surface area contributed by atoms with Gasteiger partial charge in [0.15, 0.2) is 0 Å². The first kappa shape index (κ1) is 13.4. The minimum atomic E-state index is -0.512. The summed E-state index contributed by atoms with van der Waals surface area (Å²) in [6, 6.07) is 10.0. The number of anilines is 1. The van der Waals surface area contributed by atoms with Crippen molar-refractivity contribution < 1.29 is 9.59 Å². The number of hydrogen-bond acceptors (Lipinski definition) is 3. The van der Waals surface area contributed by atoms with Crippen molar-refractivity contribution in [1.82, 2.24) is 0 Å². The predicted molar refractivity (Wildman–Crippen MR) is 81.0 cm³/mol. The van der Waals surface area contributed by atoms with Gasteiger partial charge in [-0.1, -0.05) is 29.3 Å². The highest BCUT2D eigenvalue weighted by molar-refractivity contribution is 7.11. The lowest BCUT2D eigenvalue weighted by Gasteiger charge is -2.14. The summed E-state index contributed by atoms with van der Waals surface area (Å²) < 4.78 is 0. The van der Waals surface area contributed by atoms with Crippen molar-refractivity contribution in [3.63, 3.8) is 0 Å². The molecule has 0 fully saturated rings. The summed E-state index contributed by atoms with van der Waals surface area (Å²) in [5.74, 6) is -0.924. The van der Waals surface area contributed by atoms with Crippen molar-refractivity contribution in [2.75, 3.05) is 4.90 Å². The van der Waals surface area contributed by atoms with Crippen LogP contribution >= 0.6 is 34.5 Å². The number of rotatable bonds is 2. The van der Waals surface area contributed by atoms with Crippen molar-refractivity contribution in [3.8, 4) is 0 Å². The van der Waals surface area contributed by atoms with Gasteiger partial charge in [0, 0.05) is 9.90 Å². The van der Waals surface area contributed by atoms with Crippen LogP contribution in [0.4, 0.5) is 5.69 Å². The average Bonchev–Trinajstić information content (AvgIpc) is 3.01. The molecule has 1 aliphatic rings. The molecule has 0 aliphatic carbocycles. The lowest BCUT2D eigenvalue weighted by atomic mass is 10.2. The molecule has 1 aromatic heterocycles. The Hall–Kier alpha value is -1.62. The molecule has 0 atom stereocenters. The standard InChI is InChI=1S/C14H7Cl2NO2S/c15-8-3-5-9(6-4-8)17-13(18)11(12(16)14(17)19)10-2-1-7-20-10/h1-7H. The van der Waals surface area contributed by atoms with Gasteiger partial charge in [0.05, 0.1) is 11.3 Å². The summed E-state index contributed by atoms with van der Waals surface area (Å²) in [6.07, 6.45) is 0. The third-order valence-corrected chi connectivity index (χ3v) is 4.37. The summed E-state index contributed by atoms with van der Waals surface area (Å²) in [7, 11) is 0. The van der Waals surface area contributed by atoms with E-state index in [1.807, 2.05) is 5.38 Å². The zero-order valence-electron chi connectivity index (χ0n) is 9.97. The van der Waals surface area contributed by atoms with E-state index in [-0.39, 0.29) is 10.6 Å². The molecule has 0 saturated carbocycles. The molecule has 1 aliphatic heterocycles. The Morgan fingerprint density at radius 1 is 0.950 bits per heavy atom. The van der Waals surface area contributed by atoms with E-state index in [1.165, 1.54) is 11.3 Å². The van der Waals surface area contributed by atoms with Crippen LogP contribution in [-0.4, -0.2) is 11.8 Å². The smallest absolute Gasteiger partial charge is 0.268 e. The van der Waals surface area contributed by atoms with Crippen molar-refractivity contribution in [1.29, 1.82) is 0 Å². The van der Waals surface area contributed by atoms with Gasteiger partial charge in [-0.25, -0.2) is 4.90 Å². The molecule has 2 aromatic rings. The fraction of sp³-hybridized carbons (Fsp3) is 0. The third kappa shape index (κ3) is 2.06. The van der Waals surface area contributed by atoms with E-state index in [2.05, 4.69) is 0 Å². The van der Waals surface area contributed by atoms with Crippen LogP contribution in [0.1, 0.15) is 4.88 Å². The predicted octanol–water partition coefficient (Wildman–Crippen LogP) is 3.92. The van der Waals surface area contributed by atoms with Crippen LogP contribution in [0, 0.1) is 0 Å². The molecule has 2 heterocycles. The van der Waals surface area contributed by atoms with Crippen LogP contribution in [0.2, 0.25) is 5.02 Å². The topological polar surface area (TPSA) is 37.4 Å². The summed E-state index contributed by atoms with van der Waals surface area (Å²) >= 11 is 13.2. The van der Waals surface area contributed by atoms with Gasteiger partial charge in [-0.2, -0.15) is 0 Å². The highest BCUT2D eigenvalue weighted by Crippen LogP contribution is 2.36. The largest absolute Gasteiger partial charge is 0.277 e. The number of carbonyl (C=O) groups excluding carboxylic acids is 2. The van der Waals surface area contributed by atoms with E-state index in [0.717, 1.165) is 4.90 Å². The number of hydrogen-bond donors (Lipinski definition) is 0. The second-order valence-corrected chi connectivity index (χ2v) is 5.85. The number of thiophene rings is 1. The number of benzene rings is 1. The van der Waals surface area contributed by atoms with Gasteiger partial charge in [-0.15, -0.1) is 11.3 Å². The van der Waals surface area contributed by atoms with Crippen LogP contribution < -0.4 is 4.90 Å². The van der Waals surface area contributed by atoms with Crippen LogP contribution in [0.15, 0.2) is 46.8 Å². The summed E-state index contributed by atoms with van der Waals surface area (Å²) in [6.45, 7) is 0. The molecule has 100 valence electrons. The van der Waals surface area contributed by atoms with E-state index in [4.69, 9.17) is 23.2 Å². The van der Waals surface area contributed by atoms with E-state index >= 15 is 0 Å². The Balaban J connectivity index is 2.04. The van der Waals surface area contributed by atoms with Gasteiger partial charge in [0.25, 0.3) is 11.8 Å². The SMILES string of the molecule is O=C1C(Cl)=C(c2cccs2)C(=O)N1c1ccc(Cl)cc1. The van der Waals surface area contributed by atoms with Gasteiger partial charge in [0.1, 0.15) is 5.03 Å². The molecule has 0 radical (unpaired) electrons. The average molecular weight is 324 g/mol. The molecular weight excluding hydrogens is 317 g/mol. The van der Waals surface area contributed by atoms with E-state index < -0.39 is 11.8 Å². The van der Waals surface area contributed by atoms with Gasteiger partial charge in [-0.3, -0.25) is 9.59 Å². The lowest BCUT2D eigenvalue weighted by molar-refractivity contribution is -0.119. The first-order chi connectivity index (χ1) is 9.59. The fourth-order valence-corrected chi connectivity index (χ4v) is 3.18. The van der Waals surface area contributed by atoms with Crippen molar-refractivity contribution in [2.45, 2.75) is 0 Å². The minimum absolute atomic E-state index is 0.0487. The molecule has 3 rings (SSSR count). The molecule has 2 amide bonds. The zero-order chi connectivity index (χ0) is 14.3. The minimum Gasteiger partial charge on any atom is -0.268 e. The molecular formula is C14H7Cl2NO2S. The monoisotopic (exact) mass is 323 g/mol. The normalized spacial score (nSPS) is 15.4. The highest BCUT2D eigenvalue weighted by atomic mass is 35.5. The quantitative estimate of drug-likeness (QED) is 0.785. The fourth-order valence-electron chi connectivity index (χ4n) is 1.96. The Morgan fingerprint density at radius 2 is 1.65 bits per heavy atom. The van der Waals surface area contributed by atoms with Crippen molar-refractivity contribution in [2.24, 2.45) is 0 Å². The van der Waals surface area contributed by atoms with Gasteiger partial charge >= 0.3 is 0 Å². The zero-order valence-corrected chi connectivity index (χ0v) is 12.3. The molecule has 1 aromatic carbocycles. The molecule has 20 heavy (non-hydrogen) atoms. The summed E-state index contributed by atoms with van der Waals surface area (Å²) in [5.41, 5.74) is 0.704. The second kappa shape index (κ2) is 5.05. The number of amides is 2. The number of carbonyl (C=O) groups is 2. The summed E-state index contributed by atoms with van der Waals surface area (Å²) in [4.78, 5) is 26.4. The highest BCUT2D eigenvalue weighted by Gasteiger charge is 2.39. The maximum Gasteiger partial charge on any atom is 0.277 e. The molecule has 0 saturated heterocycles. The molecule has 0 bridgehead atoms. The van der Waals surface area contributed by atoms with Crippen molar-refractivity contribution in [3.05, 3.63) is 56.7 Å². The first-order valence-electron chi connectivity index (χ1n) is 5.67. The van der Waals surface area contributed by atoms with Crippen LogP contribution in [-0.2, 0) is 9.59 Å². The number of imide groups is 1. The van der Waals surface area contributed by atoms with Crippen molar-refractivity contribution >= 4 is 57.6 Å². The van der Waals surface area contributed by atoms with Gasteiger partial charge in [0.2, 0.25) is 0 Å². The Morgan fingerprint density at radius 3 is 2.25 bits per heavy atom. The van der Waals surface area contributed by atoms with Crippen LogP contribution in [0.25, 0.3) is 5.57 Å². The molecule has 0 spiro atoms. The maximum absolute atomic E-state index is 12.4. The van der Waals surface area contributed by atoms with E-state index in [9.17, 15) is 9.59 Å². The molecule has 3 nitrogen and oxygen atoms in total. The van der Waals surface area contributed by atoms with E-state index in [0.29, 0.717) is 15.6 Å². The summed E-state index contributed by atoms with van der Waals surface area (Å²) in [5, 5.41) is 2.31. The number of nitrogens with zero attached hydrogens (tertiary/aromatic N) is 1. The van der Waals surface area contributed by atoms with Gasteiger partial charge < -0.3 is 0 Å². The van der Waals surface area contributed by atoms with Crippen LogP contribution in [0.3, 0.4) is 0 Å². The lowest BCUT2D eigenvalue weighted by Crippen LogP contribution is -2.30. The molecule has 0 N–H and O–H groups in total. The Labute approximate surface area is 129 Å². The van der Waals surface area contributed by atoms with Gasteiger partial charge in [-0.05, 0) is 35.7 Å². The Kier molecular flexibility index (Phi) is 3.38. The van der Waals surface area contributed by atoms with E-state index in [1.54, 1.807) is 36.4 Å². The third-order valence-electron chi connectivity index (χ3n) is 2.88.